The first-order chi connectivity index (χ1) is 5.81. The minimum atomic E-state index is -0.235. The van der Waals surface area contributed by atoms with Gasteiger partial charge in [-0.2, -0.15) is 0 Å². The molecule has 0 unspecified atom stereocenters. The van der Waals surface area contributed by atoms with E-state index in [0.29, 0.717) is 32.7 Å². The molecule has 0 bridgehead atoms. The molecule has 0 spiro atoms. The SMILES string of the molecule is CCOC(=O)CCOCCCO. The quantitative estimate of drug-likeness (QED) is 0.449. The van der Waals surface area contributed by atoms with Crippen LogP contribution in [0.3, 0.4) is 0 Å². The van der Waals surface area contributed by atoms with Gasteiger partial charge in [-0.15, -0.1) is 0 Å². The molecule has 0 aromatic heterocycles. The summed E-state index contributed by atoms with van der Waals surface area (Å²) in [7, 11) is 0. The maximum absolute atomic E-state index is 10.7. The first kappa shape index (κ1) is 11.4. The number of ether oxygens (including phenoxy) is 2. The van der Waals surface area contributed by atoms with Crippen LogP contribution in [0.25, 0.3) is 0 Å². The molecule has 0 saturated heterocycles. The molecule has 0 aliphatic rings. The van der Waals surface area contributed by atoms with E-state index in [0.717, 1.165) is 0 Å². The molecule has 72 valence electrons. The summed E-state index contributed by atoms with van der Waals surface area (Å²) in [5, 5.41) is 8.39. The van der Waals surface area contributed by atoms with E-state index in [1.165, 1.54) is 0 Å². The molecule has 0 aromatic carbocycles. The summed E-state index contributed by atoms with van der Waals surface area (Å²) in [4.78, 5) is 10.7. The zero-order chi connectivity index (χ0) is 9.23. The Balaban J connectivity index is 3.03. The van der Waals surface area contributed by atoms with E-state index in [-0.39, 0.29) is 12.6 Å². The van der Waals surface area contributed by atoms with Crippen molar-refractivity contribution >= 4 is 5.97 Å². The molecular formula is C8H16O4. The molecule has 0 heterocycles. The highest BCUT2D eigenvalue weighted by Crippen LogP contribution is 1.89. The van der Waals surface area contributed by atoms with Gasteiger partial charge in [-0.25, -0.2) is 0 Å². The normalized spacial score (nSPS) is 9.83. The van der Waals surface area contributed by atoms with Gasteiger partial charge in [-0.1, -0.05) is 0 Å². The molecule has 0 rings (SSSR count). The summed E-state index contributed by atoms with van der Waals surface area (Å²) in [5.41, 5.74) is 0. The van der Waals surface area contributed by atoms with Gasteiger partial charge in [0.15, 0.2) is 0 Å². The van der Waals surface area contributed by atoms with Crippen molar-refractivity contribution in [2.45, 2.75) is 19.8 Å². The van der Waals surface area contributed by atoms with Gasteiger partial charge in [0.1, 0.15) is 0 Å². The van der Waals surface area contributed by atoms with Crippen LogP contribution in [0.4, 0.5) is 0 Å². The third-order valence-corrected chi connectivity index (χ3v) is 1.20. The predicted molar refractivity (Wildman–Crippen MR) is 43.8 cm³/mol. The van der Waals surface area contributed by atoms with Crippen molar-refractivity contribution in [3.8, 4) is 0 Å². The Morgan fingerprint density at radius 2 is 2.17 bits per heavy atom. The lowest BCUT2D eigenvalue weighted by Gasteiger charge is -2.02. The van der Waals surface area contributed by atoms with Crippen molar-refractivity contribution in [2.75, 3.05) is 26.4 Å². The zero-order valence-electron chi connectivity index (χ0n) is 7.41. The van der Waals surface area contributed by atoms with Crippen LogP contribution in [0.15, 0.2) is 0 Å². The minimum absolute atomic E-state index is 0.124. The van der Waals surface area contributed by atoms with E-state index >= 15 is 0 Å². The molecule has 0 aliphatic heterocycles. The Hall–Kier alpha value is -0.610. The van der Waals surface area contributed by atoms with Gasteiger partial charge in [0.05, 0.1) is 19.6 Å². The third-order valence-electron chi connectivity index (χ3n) is 1.20. The highest BCUT2D eigenvalue weighted by atomic mass is 16.5. The molecule has 4 nitrogen and oxygen atoms in total. The largest absolute Gasteiger partial charge is 0.466 e. The molecule has 4 heteroatoms. The maximum Gasteiger partial charge on any atom is 0.308 e. The molecule has 0 radical (unpaired) electrons. The van der Waals surface area contributed by atoms with Crippen molar-refractivity contribution in [3.05, 3.63) is 0 Å². The fourth-order valence-electron chi connectivity index (χ4n) is 0.657. The molecule has 0 atom stereocenters. The van der Waals surface area contributed by atoms with Crippen LogP contribution in [0.5, 0.6) is 0 Å². The highest BCUT2D eigenvalue weighted by molar-refractivity contribution is 5.69. The van der Waals surface area contributed by atoms with Gasteiger partial charge in [0.2, 0.25) is 0 Å². The Bertz CT molecular complexity index is 114. The van der Waals surface area contributed by atoms with E-state index in [1.807, 2.05) is 0 Å². The summed E-state index contributed by atoms with van der Waals surface area (Å²) < 4.78 is 9.71. The maximum atomic E-state index is 10.7. The van der Waals surface area contributed by atoms with E-state index < -0.39 is 0 Å². The van der Waals surface area contributed by atoms with Crippen molar-refractivity contribution < 1.29 is 19.4 Å². The van der Waals surface area contributed by atoms with Gasteiger partial charge < -0.3 is 14.6 Å². The van der Waals surface area contributed by atoms with Gasteiger partial charge >= 0.3 is 5.97 Å². The third kappa shape index (κ3) is 7.50. The standard InChI is InChI=1S/C8H16O4/c1-2-12-8(10)4-7-11-6-3-5-9/h9H,2-7H2,1H3. The number of aliphatic hydroxyl groups excluding tert-OH is 1. The number of esters is 1. The van der Waals surface area contributed by atoms with Crippen molar-refractivity contribution in [3.63, 3.8) is 0 Å². The topological polar surface area (TPSA) is 55.8 Å². The second-order valence-electron chi connectivity index (χ2n) is 2.24. The number of carbonyl (C=O) groups is 1. The van der Waals surface area contributed by atoms with Crippen LogP contribution in [0.1, 0.15) is 19.8 Å². The number of rotatable bonds is 7. The molecule has 0 fully saturated rings. The summed E-state index contributed by atoms with van der Waals surface area (Å²) in [6, 6.07) is 0. The van der Waals surface area contributed by atoms with E-state index in [4.69, 9.17) is 9.84 Å². The number of hydrogen-bond donors (Lipinski definition) is 1. The molecule has 0 aromatic rings. The fraction of sp³-hybridized carbons (Fsp3) is 0.875. The van der Waals surface area contributed by atoms with Gasteiger partial charge in [0, 0.05) is 13.2 Å². The Morgan fingerprint density at radius 3 is 2.75 bits per heavy atom. The van der Waals surface area contributed by atoms with Crippen molar-refractivity contribution in [2.24, 2.45) is 0 Å². The Morgan fingerprint density at radius 1 is 1.42 bits per heavy atom. The van der Waals surface area contributed by atoms with Crippen LogP contribution < -0.4 is 0 Å². The Labute approximate surface area is 72.5 Å². The average Bonchev–Trinajstić information content (AvgIpc) is 2.05. The second-order valence-corrected chi connectivity index (χ2v) is 2.24. The lowest BCUT2D eigenvalue weighted by atomic mass is 10.4. The second kappa shape index (κ2) is 8.49. The van der Waals surface area contributed by atoms with Crippen LogP contribution in [0.2, 0.25) is 0 Å². The molecule has 12 heavy (non-hydrogen) atoms. The number of aliphatic hydroxyl groups is 1. The fourth-order valence-corrected chi connectivity index (χ4v) is 0.657. The van der Waals surface area contributed by atoms with Crippen molar-refractivity contribution in [1.29, 1.82) is 0 Å². The summed E-state index contributed by atoms with van der Waals surface area (Å²) in [6.45, 7) is 3.17. The highest BCUT2D eigenvalue weighted by Gasteiger charge is 1.99. The lowest BCUT2D eigenvalue weighted by Crippen LogP contribution is -2.08. The van der Waals surface area contributed by atoms with Gasteiger partial charge in [-0.05, 0) is 13.3 Å². The van der Waals surface area contributed by atoms with Gasteiger partial charge in [-0.3, -0.25) is 4.79 Å². The lowest BCUT2D eigenvalue weighted by molar-refractivity contribution is -0.144. The summed E-state index contributed by atoms with van der Waals surface area (Å²) >= 11 is 0. The van der Waals surface area contributed by atoms with Crippen LogP contribution in [-0.2, 0) is 14.3 Å². The molecule has 0 saturated carbocycles. The summed E-state index contributed by atoms with van der Waals surface area (Å²) in [5.74, 6) is -0.235. The zero-order valence-corrected chi connectivity index (χ0v) is 7.41. The molecular weight excluding hydrogens is 160 g/mol. The van der Waals surface area contributed by atoms with Crippen LogP contribution >= 0.6 is 0 Å². The summed E-state index contributed by atoms with van der Waals surface area (Å²) in [6.07, 6.45) is 0.905. The predicted octanol–water partition coefficient (Wildman–Crippen LogP) is 0.339. The molecule has 0 aliphatic carbocycles. The van der Waals surface area contributed by atoms with Crippen LogP contribution in [0, 0.1) is 0 Å². The number of carbonyl (C=O) groups excluding carboxylic acids is 1. The first-order valence-corrected chi connectivity index (χ1v) is 4.15. The van der Waals surface area contributed by atoms with E-state index in [9.17, 15) is 4.79 Å². The first-order valence-electron chi connectivity index (χ1n) is 4.15. The van der Waals surface area contributed by atoms with E-state index in [1.54, 1.807) is 6.92 Å². The van der Waals surface area contributed by atoms with E-state index in [2.05, 4.69) is 4.74 Å². The molecule has 0 amide bonds. The average molecular weight is 176 g/mol. The molecule has 1 N–H and O–H groups in total. The number of hydrogen-bond acceptors (Lipinski definition) is 4. The minimum Gasteiger partial charge on any atom is -0.466 e. The smallest absolute Gasteiger partial charge is 0.308 e. The Kier molecular flexibility index (Phi) is 8.05. The van der Waals surface area contributed by atoms with Gasteiger partial charge in [0.25, 0.3) is 0 Å². The monoisotopic (exact) mass is 176 g/mol. The van der Waals surface area contributed by atoms with Crippen LogP contribution in [-0.4, -0.2) is 37.5 Å². The van der Waals surface area contributed by atoms with Crippen molar-refractivity contribution in [1.82, 2.24) is 0 Å².